The van der Waals surface area contributed by atoms with Crippen LogP contribution in [0.15, 0.2) is 11.1 Å². The number of hydrogen-bond donors (Lipinski definition) is 3. The summed E-state index contributed by atoms with van der Waals surface area (Å²) < 4.78 is 31.1. The Morgan fingerprint density at radius 2 is 2.42 bits per heavy atom. The maximum absolute atomic E-state index is 12.5. The summed E-state index contributed by atoms with van der Waals surface area (Å²) in [5.74, 6) is -0.479. The lowest BCUT2D eigenvalue weighted by Crippen LogP contribution is -2.55. The molecule has 1 aromatic heterocycles. The van der Waals surface area contributed by atoms with Crippen molar-refractivity contribution in [2.45, 2.75) is 10.9 Å². The number of amides is 1. The van der Waals surface area contributed by atoms with Crippen molar-refractivity contribution in [2.24, 2.45) is 0 Å². The van der Waals surface area contributed by atoms with Crippen molar-refractivity contribution in [3.05, 3.63) is 6.20 Å². The number of hydrogen-bond acceptors (Lipinski definition) is 6. The highest BCUT2D eigenvalue weighted by atomic mass is 32.2. The van der Waals surface area contributed by atoms with E-state index >= 15 is 0 Å². The van der Waals surface area contributed by atoms with Crippen LogP contribution in [0.4, 0.5) is 5.82 Å². The smallest absolute Gasteiger partial charge is 0.249 e. The number of aromatic nitrogens is 2. The first-order valence-electron chi connectivity index (χ1n) is 5.58. The molecule has 10 heteroatoms. The summed E-state index contributed by atoms with van der Waals surface area (Å²) in [6, 6.07) is -0.905. The molecule has 0 radical (unpaired) electrons. The summed E-state index contributed by atoms with van der Waals surface area (Å²) >= 11 is 0. The Labute approximate surface area is 110 Å². The Morgan fingerprint density at radius 3 is 3.00 bits per heavy atom. The summed E-state index contributed by atoms with van der Waals surface area (Å²) in [6.45, 7) is 0.326. The number of nitrogen functional groups attached to an aromatic ring is 1. The minimum absolute atomic E-state index is 0.0106. The monoisotopic (exact) mass is 289 g/mol. The van der Waals surface area contributed by atoms with Gasteiger partial charge in [-0.05, 0) is 0 Å². The minimum Gasteiger partial charge on any atom is -0.383 e. The average molecular weight is 289 g/mol. The topological polar surface area (TPSA) is 130 Å². The van der Waals surface area contributed by atoms with E-state index in [1.807, 2.05) is 0 Å². The van der Waals surface area contributed by atoms with Crippen LogP contribution in [0.3, 0.4) is 0 Å². The molecule has 4 N–H and O–H groups in total. The first-order chi connectivity index (χ1) is 8.98. The molecule has 1 unspecified atom stereocenters. The van der Waals surface area contributed by atoms with Crippen molar-refractivity contribution in [3.8, 4) is 0 Å². The molecule has 106 valence electrons. The number of carbonyl (C=O) groups excluding carboxylic acids is 1. The van der Waals surface area contributed by atoms with Crippen LogP contribution in [-0.4, -0.2) is 61.7 Å². The zero-order chi connectivity index (χ0) is 14.0. The van der Waals surface area contributed by atoms with Crippen LogP contribution in [0.25, 0.3) is 0 Å². The number of carbonyl (C=O) groups is 1. The summed E-state index contributed by atoms with van der Waals surface area (Å²) in [4.78, 5) is 11.6. The highest BCUT2D eigenvalue weighted by Crippen LogP contribution is 2.23. The Balaban J connectivity index is 2.37. The van der Waals surface area contributed by atoms with Crippen molar-refractivity contribution < 1.29 is 17.9 Å². The van der Waals surface area contributed by atoms with E-state index < -0.39 is 22.0 Å². The van der Waals surface area contributed by atoms with Gasteiger partial charge in [-0.2, -0.15) is 9.40 Å². The van der Waals surface area contributed by atoms with Crippen LogP contribution in [-0.2, 0) is 19.6 Å². The molecule has 9 nitrogen and oxygen atoms in total. The number of likely N-dealkylation sites (N-methyl/N-ethyl adjacent to an activating group) is 1. The van der Waals surface area contributed by atoms with Gasteiger partial charge in [-0.15, -0.1) is 0 Å². The van der Waals surface area contributed by atoms with Crippen LogP contribution in [0.5, 0.6) is 0 Å². The summed E-state index contributed by atoms with van der Waals surface area (Å²) in [6.07, 6.45) is 1.13. The number of ether oxygens (including phenoxy) is 1. The molecule has 1 aliphatic rings. The van der Waals surface area contributed by atoms with Crippen LogP contribution in [0.2, 0.25) is 0 Å². The van der Waals surface area contributed by atoms with Crippen LogP contribution in [0.1, 0.15) is 0 Å². The second-order valence-electron chi connectivity index (χ2n) is 3.97. The molecule has 0 aromatic carbocycles. The van der Waals surface area contributed by atoms with Gasteiger partial charge in [0.2, 0.25) is 15.9 Å². The lowest BCUT2D eigenvalue weighted by atomic mass is 10.2. The summed E-state index contributed by atoms with van der Waals surface area (Å²) in [7, 11) is -2.44. The number of anilines is 1. The van der Waals surface area contributed by atoms with Crippen molar-refractivity contribution in [2.75, 3.05) is 32.5 Å². The minimum atomic E-state index is -3.88. The van der Waals surface area contributed by atoms with Crippen LogP contribution < -0.4 is 11.1 Å². The molecule has 0 bridgehead atoms. The molecule has 1 atom stereocenters. The van der Waals surface area contributed by atoms with Crippen LogP contribution in [0, 0.1) is 0 Å². The fourth-order valence-corrected chi connectivity index (χ4v) is 3.43. The van der Waals surface area contributed by atoms with Gasteiger partial charge in [0.25, 0.3) is 0 Å². The Hall–Kier alpha value is -1.65. The number of morpholine rings is 1. The Bertz CT molecular complexity index is 569. The van der Waals surface area contributed by atoms with Gasteiger partial charge in [0, 0.05) is 13.6 Å². The van der Waals surface area contributed by atoms with Gasteiger partial charge in [-0.3, -0.25) is 9.89 Å². The number of nitrogens with one attached hydrogen (secondary N) is 2. The summed E-state index contributed by atoms with van der Waals surface area (Å²) in [5, 5.41) is 8.36. The highest BCUT2D eigenvalue weighted by molar-refractivity contribution is 7.89. The molecule has 0 aliphatic carbocycles. The number of H-pyrrole nitrogens is 1. The lowest BCUT2D eigenvalue weighted by Gasteiger charge is -2.32. The average Bonchev–Trinajstić information content (AvgIpc) is 2.85. The van der Waals surface area contributed by atoms with Gasteiger partial charge in [0.1, 0.15) is 16.8 Å². The fraction of sp³-hybridized carbons (Fsp3) is 0.556. The van der Waals surface area contributed by atoms with Crippen molar-refractivity contribution in [1.29, 1.82) is 0 Å². The van der Waals surface area contributed by atoms with Gasteiger partial charge in [-0.25, -0.2) is 8.42 Å². The number of nitrogens with zero attached hydrogens (tertiary/aromatic N) is 2. The van der Waals surface area contributed by atoms with E-state index in [1.54, 1.807) is 0 Å². The molecule has 1 saturated heterocycles. The predicted molar refractivity (Wildman–Crippen MR) is 65.6 cm³/mol. The fourth-order valence-electron chi connectivity index (χ4n) is 1.87. The maximum atomic E-state index is 12.5. The molecule has 1 fully saturated rings. The standard InChI is InChI=1S/C9H15N5O4S/c1-11-9(15)6-5-18-3-2-14(6)19(16,17)7-4-12-13-8(7)10/h4,6H,2-3,5H2,1H3,(H,11,15)(H3,10,12,13). The zero-order valence-corrected chi connectivity index (χ0v) is 11.1. The third-order valence-electron chi connectivity index (χ3n) is 2.85. The normalized spacial score (nSPS) is 21.2. The Kier molecular flexibility index (Phi) is 3.73. The number of sulfonamides is 1. The van der Waals surface area contributed by atoms with E-state index in [1.165, 1.54) is 7.05 Å². The van der Waals surface area contributed by atoms with Gasteiger partial charge >= 0.3 is 0 Å². The van der Waals surface area contributed by atoms with E-state index in [9.17, 15) is 13.2 Å². The molecule has 1 aromatic rings. The third kappa shape index (κ3) is 2.41. The quantitative estimate of drug-likeness (QED) is 0.597. The largest absolute Gasteiger partial charge is 0.383 e. The Morgan fingerprint density at radius 1 is 1.68 bits per heavy atom. The number of aromatic amines is 1. The predicted octanol–water partition coefficient (Wildman–Crippen LogP) is -1.87. The SMILES string of the molecule is CNC(=O)C1COCCN1S(=O)(=O)c1cn[nH]c1N. The van der Waals surface area contributed by atoms with Crippen LogP contribution >= 0.6 is 0 Å². The number of rotatable bonds is 3. The zero-order valence-electron chi connectivity index (χ0n) is 10.3. The molecule has 1 amide bonds. The van der Waals surface area contributed by atoms with E-state index in [0.29, 0.717) is 0 Å². The van der Waals surface area contributed by atoms with E-state index in [-0.39, 0.29) is 30.5 Å². The number of nitrogens with two attached hydrogens (primary N) is 1. The van der Waals surface area contributed by atoms with Crippen molar-refractivity contribution in [3.63, 3.8) is 0 Å². The van der Waals surface area contributed by atoms with E-state index in [0.717, 1.165) is 10.5 Å². The molecule has 1 aliphatic heterocycles. The second kappa shape index (κ2) is 5.15. The molecule has 2 rings (SSSR count). The van der Waals surface area contributed by atoms with Gasteiger partial charge in [0.05, 0.1) is 19.4 Å². The highest BCUT2D eigenvalue weighted by Gasteiger charge is 2.39. The summed E-state index contributed by atoms with van der Waals surface area (Å²) in [5.41, 5.74) is 5.53. The first kappa shape index (κ1) is 13.8. The van der Waals surface area contributed by atoms with Crippen molar-refractivity contribution in [1.82, 2.24) is 19.8 Å². The van der Waals surface area contributed by atoms with Gasteiger partial charge in [0.15, 0.2) is 0 Å². The van der Waals surface area contributed by atoms with Gasteiger partial charge in [-0.1, -0.05) is 0 Å². The third-order valence-corrected chi connectivity index (χ3v) is 4.78. The van der Waals surface area contributed by atoms with Crippen molar-refractivity contribution >= 4 is 21.7 Å². The van der Waals surface area contributed by atoms with E-state index in [2.05, 4.69) is 15.5 Å². The molecule has 2 heterocycles. The second-order valence-corrected chi connectivity index (χ2v) is 5.83. The maximum Gasteiger partial charge on any atom is 0.249 e. The molecular weight excluding hydrogens is 274 g/mol. The van der Waals surface area contributed by atoms with Gasteiger partial charge < -0.3 is 15.8 Å². The lowest BCUT2D eigenvalue weighted by molar-refractivity contribution is -0.128. The van der Waals surface area contributed by atoms with E-state index in [4.69, 9.17) is 10.5 Å². The first-order valence-corrected chi connectivity index (χ1v) is 7.02. The molecule has 0 spiro atoms. The molecule has 19 heavy (non-hydrogen) atoms. The molecular formula is C9H15N5O4S. The molecule has 0 saturated carbocycles.